The van der Waals surface area contributed by atoms with Crippen LogP contribution in [0.25, 0.3) is 0 Å². The largest absolute Gasteiger partial charge is 0.456 e. The first-order chi connectivity index (χ1) is 10.2. The predicted octanol–water partition coefficient (Wildman–Crippen LogP) is 1.97. The number of nitrogens with two attached hydrogens (primary N) is 1. The number of carbonyl (C=O) groups is 1. The Morgan fingerprint density at radius 2 is 1.91 bits per heavy atom. The first-order valence-corrected chi connectivity index (χ1v) is 8.07. The minimum Gasteiger partial charge on any atom is -0.456 e. The molecule has 1 aromatic rings. The third kappa shape index (κ3) is 2.88. The van der Waals surface area contributed by atoms with Gasteiger partial charge in [0.05, 0.1) is 0 Å². The van der Waals surface area contributed by atoms with Crippen LogP contribution in [0.1, 0.15) is 41.6 Å². The fraction of sp³-hybridized carbons (Fsp3) is 0.688. The van der Waals surface area contributed by atoms with Gasteiger partial charge in [0.15, 0.2) is 5.76 Å². The van der Waals surface area contributed by atoms with Gasteiger partial charge in [-0.15, -0.1) is 24.8 Å². The minimum atomic E-state index is -0.471. The van der Waals surface area contributed by atoms with Gasteiger partial charge in [-0.25, -0.2) is 0 Å². The molecule has 4 atom stereocenters. The second-order valence-electron chi connectivity index (χ2n) is 6.65. The number of halogens is 2. The topological polar surface area (TPSA) is 71.5 Å². The molecule has 0 unspecified atom stereocenters. The molecule has 4 rings (SSSR count). The van der Waals surface area contributed by atoms with E-state index in [2.05, 4.69) is 17.1 Å². The van der Waals surface area contributed by atoms with Crippen LogP contribution in [-0.2, 0) is 13.0 Å². The Hall–Kier alpha value is -0.750. The third-order valence-corrected chi connectivity index (χ3v) is 5.72. The lowest BCUT2D eigenvalue weighted by atomic mass is 9.82. The second kappa shape index (κ2) is 7.01. The van der Waals surface area contributed by atoms with Crippen LogP contribution >= 0.6 is 24.8 Å². The van der Waals surface area contributed by atoms with E-state index < -0.39 is 5.91 Å². The third-order valence-electron chi connectivity index (χ3n) is 5.72. The van der Waals surface area contributed by atoms with Gasteiger partial charge in [-0.05, 0) is 43.8 Å². The summed E-state index contributed by atoms with van der Waals surface area (Å²) < 4.78 is 5.61. The van der Waals surface area contributed by atoms with Gasteiger partial charge < -0.3 is 15.5 Å². The van der Waals surface area contributed by atoms with Crippen molar-refractivity contribution in [3.63, 3.8) is 0 Å². The van der Waals surface area contributed by atoms with Crippen molar-refractivity contribution in [1.82, 2.24) is 10.2 Å². The summed E-state index contributed by atoms with van der Waals surface area (Å²) in [6.07, 6.45) is 3.44. The second-order valence-corrected chi connectivity index (χ2v) is 6.65. The molecule has 1 aromatic heterocycles. The highest BCUT2D eigenvalue weighted by Gasteiger charge is 2.54. The van der Waals surface area contributed by atoms with Crippen LogP contribution in [-0.4, -0.2) is 36.0 Å². The monoisotopic (exact) mass is 361 g/mol. The van der Waals surface area contributed by atoms with Crippen LogP contribution in [0, 0.1) is 11.8 Å². The number of nitrogens with one attached hydrogen (secondary N) is 1. The van der Waals surface area contributed by atoms with Crippen LogP contribution in [0.5, 0.6) is 0 Å². The molecule has 5 nitrogen and oxygen atoms in total. The van der Waals surface area contributed by atoms with Gasteiger partial charge in [0, 0.05) is 30.6 Å². The lowest BCUT2D eigenvalue weighted by Crippen LogP contribution is -2.33. The summed E-state index contributed by atoms with van der Waals surface area (Å²) >= 11 is 0. The van der Waals surface area contributed by atoms with Gasteiger partial charge >= 0.3 is 0 Å². The van der Waals surface area contributed by atoms with Crippen LogP contribution in [0.4, 0.5) is 0 Å². The summed E-state index contributed by atoms with van der Waals surface area (Å²) in [4.78, 5) is 14.0. The van der Waals surface area contributed by atoms with Gasteiger partial charge in [0.25, 0.3) is 5.91 Å². The lowest BCUT2D eigenvalue weighted by molar-refractivity contribution is 0.0972. The van der Waals surface area contributed by atoms with E-state index in [0.29, 0.717) is 17.8 Å². The van der Waals surface area contributed by atoms with E-state index in [1.54, 1.807) is 0 Å². The maximum atomic E-state index is 11.3. The number of fused-ring (bicyclic) bond motifs is 5. The fourth-order valence-corrected chi connectivity index (χ4v) is 4.85. The number of aryl methyl sites for hydroxylation is 1. The lowest BCUT2D eigenvalue weighted by Gasteiger charge is -2.24. The average molecular weight is 362 g/mol. The van der Waals surface area contributed by atoms with Gasteiger partial charge in [-0.1, -0.05) is 6.92 Å². The van der Waals surface area contributed by atoms with Crippen molar-refractivity contribution in [1.29, 1.82) is 0 Å². The van der Waals surface area contributed by atoms with E-state index in [-0.39, 0.29) is 24.8 Å². The van der Waals surface area contributed by atoms with E-state index in [1.165, 1.54) is 25.9 Å². The smallest absolute Gasteiger partial charge is 0.284 e. The van der Waals surface area contributed by atoms with Crippen molar-refractivity contribution < 1.29 is 9.21 Å². The van der Waals surface area contributed by atoms with E-state index >= 15 is 0 Å². The van der Waals surface area contributed by atoms with Gasteiger partial charge in [0.2, 0.25) is 0 Å². The van der Waals surface area contributed by atoms with Crippen molar-refractivity contribution >= 4 is 30.7 Å². The van der Waals surface area contributed by atoms with Gasteiger partial charge in [0.1, 0.15) is 5.76 Å². The Balaban J connectivity index is 0.000000960. The van der Waals surface area contributed by atoms with Crippen LogP contribution in [0.3, 0.4) is 0 Å². The molecule has 0 aromatic carbocycles. The first-order valence-electron chi connectivity index (χ1n) is 8.07. The van der Waals surface area contributed by atoms with E-state index in [0.717, 1.165) is 36.1 Å². The molecule has 3 aliphatic heterocycles. The Morgan fingerprint density at radius 3 is 2.43 bits per heavy atom. The Bertz CT molecular complexity index is 560. The molecule has 3 fully saturated rings. The Labute approximate surface area is 149 Å². The van der Waals surface area contributed by atoms with Crippen molar-refractivity contribution in [2.45, 2.75) is 44.8 Å². The van der Waals surface area contributed by atoms with E-state index in [1.807, 2.05) is 6.07 Å². The standard InChI is InChI=1S/C16H23N3O2.2ClH/c1-2-14-9(5-15(21-14)16(17)20)8-19-12-3-4-13(19)11-7-18-6-10(11)12;;/h5,10-13,18H,2-4,6-8H2,1H3,(H2,17,20);2*1H/t10-,11+,12-,13+;;. The van der Waals surface area contributed by atoms with Crippen LogP contribution < -0.4 is 11.1 Å². The quantitative estimate of drug-likeness (QED) is 0.859. The molecule has 7 heteroatoms. The number of nitrogens with zero attached hydrogens (tertiary/aromatic N) is 1. The normalized spacial score (nSPS) is 31.5. The highest BCUT2D eigenvalue weighted by molar-refractivity contribution is 5.90. The van der Waals surface area contributed by atoms with Crippen molar-refractivity contribution in [3.8, 4) is 0 Å². The zero-order valence-corrected chi connectivity index (χ0v) is 14.9. The molecule has 0 saturated carbocycles. The molecule has 23 heavy (non-hydrogen) atoms. The molecule has 0 aliphatic carbocycles. The SMILES string of the molecule is CCc1oc(C(N)=O)cc1CN1[C@@H]2CC[C@H]1[C@H]1CNC[C@H]12.Cl.Cl. The molecule has 3 saturated heterocycles. The number of amides is 1. The Morgan fingerprint density at radius 1 is 1.30 bits per heavy atom. The molecule has 1 amide bonds. The molecule has 2 bridgehead atoms. The summed E-state index contributed by atoms with van der Waals surface area (Å²) in [5, 5.41) is 3.54. The molecule has 0 radical (unpaired) electrons. The minimum absolute atomic E-state index is 0. The van der Waals surface area contributed by atoms with E-state index in [4.69, 9.17) is 10.2 Å². The predicted molar refractivity (Wildman–Crippen MR) is 93.3 cm³/mol. The molecule has 3 N–H and O–H groups in total. The molecule has 3 aliphatic rings. The van der Waals surface area contributed by atoms with E-state index in [9.17, 15) is 4.79 Å². The van der Waals surface area contributed by atoms with Crippen molar-refractivity contribution in [3.05, 3.63) is 23.2 Å². The van der Waals surface area contributed by atoms with Crippen molar-refractivity contribution in [2.75, 3.05) is 13.1 Å². The maximum Gasteiger partial charge on any atom is 0.284 e. The highest BCUT2D eigenvalue weighted by Crippen LogP contribution is 2.48. The molecular weight excluding hydrogens is 337 g/mol. The average Bonchev–Trinajstić information content (AvgIpc) is 3.19. The fourth-order valence-electron chi connectivity index (χ4n) is 4.85. The molecule has 4 heterocycles. The Kier molecular flexibility index (Phi) is 5.67. The van der Waals surface area contributed by atoms with Gasteiger partial charge in [-0.3, -0.25) is 9.69 Å². The summed E-state index contributed by atoms with van der Waals surface area (Å²) in [7, 11) is 0. The number of furan rings is 1. The number of carbonyl (C=O) groups excluding carboxylic acids is 1. The molecule has 0 spiro atoms. The van der Waals surface area contributed by atoms with Crippen molar-refractivity contribution in [2.24, 2.45) is 17.6 Å². The summed E-state index contributed by atoms with van der Waals surface area (Å²) in [5.74, 6) is 2.38. The van der Waals surface area contributed by atoms with Crippen LogP contribution in [0.15, 0.2) is 10.5 Å². The maximum absolute atomic E-state index is 11.3. The summed E-state index contributed by atoms with van der Waals surface area (Å²) in [6, 6.07) is 3.26. The molecular formula is C16H25Cl2N3O2. The number of primary amides is 1. The zero-order valence-electron chi connectivity index (χ0n) is 13.3. The first kappa shape index (κ1) is 18.6. The van der Waals surface area contributed by atoms with Crippen LogP contribution in [0.2, 0.25) is 0 Å². The number of rotatable bonds is 4. The summed E-state index contributed by atoms with van der Waals surface area (Å²) in [5.41, 5.74) is 6.50. The number of hydrogen-bond acceptors (Lipinski definition) is 4. The zero-order chi connectivity index (χ0) is 14.6. The van der Waals surface area contributed by atoms with Gasteiger partial charge in [-0.2, -0.15) is 0 Å². The molecule has 130 valence electrons. The highest BCUT2D eigenvalue weighted by atomic mass is 35.5. The number of hydrogen-bond donors (Lipinski definition) is 2. The summed E-state index contributed by atoms with van der Waals surface area (Å²) in [6.45, 7) is 5.30.